The molecule has 2 aromatic heterocycles. The van der Waals surface area contributed by atoms with Gasteiger partial charge in [0.2, 0.25) is 0 Å². The molecular formula is C23H29N5O2S. The molecule has 1 fully saturated rings. The van der Waals surface area contributed by atoms with E-state index >= 15 is 0 Å². The van der Waals surface area contributed by atoms with Gasteiger partial charge in [0.15, 0.2) is 11.6 Å². The van der Waals surface area contributed by atoms with Crippen LogP contribution in [0.15, 0.2) is 36.4 Å². The van der Waals surface area contributed by atoms with E-state index in [1.165, 1.54) is 5.56 Å². The van der Waals surface area contributed by atoms with Gasteiger partial charge in [-0.05, 0) is 36.1 Å². The molecule has 0 saturated carbocycles. The fraction of sp³-hybridized carbons (Fsp3) is 0.478. The van der Waals surface area contributed by atoms with Crippen LogP contribution in [0.5, 0.6) is 0 Å². The number of hydrogen-bond donors (Lipinski definition) is 2. The number of aliphatic hydroxyl groups is 1. The second kappa shape index (κ2) is 10.2. The molecule has 3 heterocycles. The third-order valence-electron chi connectivity index (χ3n) is 5.84. The first kappa shape index (κ1) is 21.6. The molecule has 0 radical (unpaired) electrons. The number of benzene rings is 1. The lowest BCUT2D eigenvalue weighted by molar-refractivity contribution is -0.118. The molecule has 1 aromatic carbocycles. The molecule has 4 rings (SSSR count). The quantitative estimate of drug-likeness (QED) is 0.460. The SMILES string of the molecule is CCCCCC(O)c1ccc(N2CCC(=O)C2c2ccc(CCc3nn[nH]n3)cc2)s1. The maximum absolute atomic E-state index is 12.7. The lowest BCUT2D eigenvalue weighted by atomic mass is 10.0. The van der Waals surface area contributed by atoms with E-state index in [-0.39, 0.29) is 11.8 Å². The van der Waals surface area contributed by atoms with Gasteiger partial charge < -0.3 is 10.0 Å². The molecule has 1 saturated heterocycles. The summed E-state index contributed by atoms with van der Waals surface area (Å²) in [5, 5.41) is 25.6. The van der Waals surface area contributed by atoms with E-state index in [1.54, 1.807) is 11.3 Å². The molecule has 31 heavy (non-hydrogen) atoms. The zero-order valence-corrected chi connectivity index (χ0v) is 18.6. The van der Waals surface area contributed by atoms with Gasteiger partial charge in [-0.15, -0.1) is 21.5 Å². The summed E-state index contributed by atoms with van der Waals surface area (Å²) < 4.78 is 0. The third-order valence-corrected chi connectivity index (χ3v) is 7.07. The van der Waals surface area contributed by atoms with E-state index in [0.29, 0.717) is 12.2 Å². The molecule has 3 aromatic rings. The number of aromatic amines is 1. The van der Waals surface area contributed by atoms with Crippen LogP contribution in [-0.4, -0.2) is 38.1 Å². The number of tetrazole rings is 1. The average Bonchev–Trinajstić information content (AvgIpc) is 3.54. The number of aromatic nitrogens is 4. The van der Waals surface area contributed by atoms with E-state index in [4.69, 9.17) is 0 Å². The molecule has 0 bridgehead atoms. The van der Waals surface area contributed by atoms with Gasteiger partial charge in [0.1, 0.15) is 6.04 Å². The van der Waals surface area contributed by atoms with Gasteiger partial charge in [0, 0.05) is 24.3 Å². The minimum absolute atomic E-state index is 0.248. The monoisotopic (exact) mass is 439 g/mol. The normalized spacial score (nSPS) is 17.4. The number of carbonyl (C=O) groups excluding carboxylic acids is 1. The fourth-order valence-electron chi connectivity index (χ4n) is 4.09. The van der Waals surface area contributed by atoms with Crippen molar-refractivity contribution >= 4 is 22.1 Å². The van der Waals surface area contributed by atoms with Crippen molar-refractivity contribution < 1.29 is 9.90 Å². The minimum Gasteiger partial charge on any atom is -0.388 e. The van der Waals surface area contributed by atoms with Gasteiger partial charge in [-0.2, -0.15) is 5.21 Å². The molecule has 2 N–H and O–H groups in total. The minimum atomic E-state index is -0.416. The molecular weight excluding hydrogens is 410 g/mol. The number of unbranched alkanes of at least 4 members (excludes halogenated alkanes) is 2. The highest BCUT2D eigenvalue weighted by Gasteiger charge is 2.34. The van der Waals surface area contributed by atoms with Crippen LogP contribution in [-0.2, 0) is 17.6 Å². The molecule has 1 aliphatic heterocycles. The largest absolute Gasteiger partial charge is 0.388 e. The van der Waals surface area contributed by atoms with E-state index in [1.807, 2.05) is 12.1 Å². The van der Waals surface area contributed by atoms with Gasteiger partial charge in [-0.25, -0.2) is 0 Å². The smallest absolute Gasteiger partial charge is 0.174 e. The molecule has 0 aliphatic carbocycles. The second-order valence-corrected chi connectivity index (χ2v) is 9.16. The lowest BCUT2D eigenvalue weighted by Gasteiger charge is -2.24. The Balaban J connectivity index is 1.43. The molecule has 164 valence electrons. The van der Waals surface area contributed by atoms with Crippen molar-refractivity contribution in [3.8, 4) is 0 Å². The number of thiophene rings is 1. The Bertz CT molecular complexity index is 970. The van der Waals surface area contributed by atoms with E-state index in [9.17, 15) is 9.90 Å². The Morgan fingerprint density at radius 1 is 1.19 bits per heavy atom. The Labute approximate surface area is 186 Å². The Morgan fingerprint density at radius 3 is 2.77 bits per heavy atom. The summed E-state index contributed by atoms with van der Waals surface area (Å²) >= 11 is 1.61. The summed E-state index contributed by atoms with van der Waals surface area (Å²) in [5.41, 5.74) is 2.20. The number of rotatable bonds is 10. The summed E-state index contributed by atoms with van der Waals surface area (Å²) in [7, 11) is 0. The van der Waals surface area contributed by atoms with Crippen molar-refractivity contribution in [3.05, 3.63) is 58.2 Å². The number of Topliss-reactive ketones (excluding diaryl/α,β-unsaturated/α-hetero) is 1. The number of nitrogens with zero attached hydrogens (tertiary/aromatic N) is 4. The van der Waals surface area contributed by atoms with Gasteiger partial charge in [-0.1, -0.05) is 55.7 Å². The average molecular weight is 440 g/mol. The van der Waals surface area contributed by atoms with Crippen molar-refractivity contribution in [2.24, 2.45) is 0 Å². The van der Waals surface area contributed by atoms with Crippen molar-refractivity contribution in [1.29, 1.82) is 0 Å². The predicted octanol–water partition coefficient (Wildman–Crippen LogP) is 4.18. The number of nitrogens with one attached hydrogen (secondary N) is 1. The number of aryl methyl sites for hydroxylation is 2. The fourth-order valence-corrected chi connectivity index (χ4v) is 5.17. The van der Waals surface area contributed by atoms with E-state index < -0.39 is 6.10 Å². The van der Waals surface area contributed by atoms with Crippen molar-refractivity contribution in [2.75, 3.05) is 11.4 Å². The molecule has 0 amide bonds. The number of anilines is 1. The molecule has 1 aliphatic rings. The van der Waals surface area contributed by atoms with Crippen molar-refractivity contribution in [1.82, 2.24) is 20.6 Å². The summed E-state index contributed by atoms with van der Waals surface area (Å²) in [4.78, 5) is 15.9. The highest BCUT2D eigenvalue weighted by Crippen LogP contribution is 2.40. The first-order chi connectivity index (χ1) is 15.2. The van der Waals surface area contributed by atoms with Crippen LogP contribution >= 0.6 is 11.3 Å². The lowest BCUT2D eigenvalue weighted by Crippen LogP contribution is -2.24. The number of hydrogen-bond acceptors (Lipinski definition) is 7. The first-order valence-electron chi connectivity index (χ1n) is 11.0. The van der Waals surface area contributed by atoms with Crippen LogP contribution in [0.3, 0.4) is 0 Å². The maximum Gasteiger partial charge on any atom is 0.174 e. The summed E-state index contributed by atoms with van der Waals surface area (Å²) in [6.45, 7) is 2.88. The van der Waals surface area contributed by atoms with Gasteiger partial charge in [0.25, 0.3) is 0 Å². The Hall–Kier alpha value is -2.58. The van der Waals surface area contributed by atoms with E-state index in [2.05, 4.69) is 56.7 Å². The number of carbonyl (C=O) groups is 1. The van der Waals surface area contributed by atoms with Crippen LogP contribution in [0.25, 0.3) is 0 Å². The number of H-pyrrole nitrogens is 1. The standard InChI is InChI=1S/C23H29N5O2S/c1-2-3-4-5-18(29)20-11-13-22(31-20)28-15-14-19(30)23(28)17-9-6-16(7-10-17)8-12-21-24-26-27-25-21/h6-7,9-11,13,18,23,29H,2-5,8,12,14-15H2,1H3,(H,24,25,26,27). The van der Waals surface area contributed by atoms with Crippen molar-refractivity contribution in [2.45, 2.75) is 64.0 Å². The van der Waals surface area contributed by atoms with E-state index in [0.717, 1.165) is 60.5 Å². The topological polar surface area (TPSA) is 95.0 Å². The summed E-state index contributed by atoms with van der Waals surface area (Å²) in [5.74, 6) is 0.949. The molecule has 2 atom stereocenters. The van der Waals surface area contributed by atoms with Gasteiger partial charge >= 0.3 is 0 Å². The number of ketones is 1. The predicted molar refractivity (Wildman–Crippen MR) is 121 cm³/mol. The Morgan fingerprint density at radius 2 is 2.03 bits per heavy atom. The van der Waals surface area contributed by atoms with Crippen LogP contribution in [0, 0.1) is 0 Å². The van der Waals surface area contributed by atoms with Crippen molar-refractivity contribution in [3.63, 3.8) is 0 Å². The Kier molecular flexibility index (Phi) is 7.09. The molecule has 8 heteroatoms. The third kappa shape index (κ3) is 5.19. The van der Waals surface area contributed by atoms with Gasteiger partial charge in [-0.3, -0.25) is 4.79 Å². The van der Waals surface area contributed by atoms with Crippen LogP contribution in [0.2, 0.25) is 0 Å². The zero-order chi connectivity index (χ0) is 21.6. The zero-order valence-electron chi connectivity index (χ0n) is 17.8. The molecule has 0 spiro atoms. The maximum atomic E-state index is 12.7. The summed E-state index contributed by atoms with van der Waals surface area (Å²) in [6.07, 6.45) is 5.81. The van der Waals surface area contributed by atoms with Crippen LogP contribution in [0.4, 0.5) is 5.00 Å². The van der Waals surface area contributed by atoms with Crippen LogP contribution < -0.4 is 4.90 Å². The summed E-state index contributed by atoms with van der Waals surface area (Å²) in [6, 6.07) is 12.1. The number of aliphatic hydroxyl groups excluding tert-OH is 1. The molecule has 7 nitrogen and oxygen atoms in total. The highest BCUT2D eigenvalue weighted by molar-refractivity contribution is 7.16. The highest BCUT2D eigenvalue weighted by atomic mass is 32.1. The van der Waals surface area contributed by atoms with Crippen LogP contribution in [0.1, 0.15) is 73.0 Å². The molecule has 2 unspecified atom stereocenters. The second-order valence-electron chi connectivity index (χ2n) is 8.07. The first-order valence-corrected chi connectivity index (χ1v) is 11.9. The van der Waals surface area contributed by atoms with Gasteiger partial charge in [0.05, 0.1) is 11.1 Å².